The first kappa shape index (κ1) is 14.3. The van der Waals surface area contributed by atoms with E-state index in [0.29, 0.717) is 36.8 Å². The van der Waals surface area contributed by atoms with Gasteiger partial charge in [-0.25, -0.2) is 4.79 Å². The monoisotopic (exact) mass is 253 g/mol. The van der Waals surface area contributed by atoms with Crippen LogP contribution in [0.2, 0.25) is 0 Å². The number of hydrogen-bond acceptors (Lipinski definition) is 5. The molecule has 0 fully saturated rings. The van der Waals surface area contributed by atoms with Crippen molar-refractivity contribution in [3.05, 3.63) is 23.8 Å². The summed E-state index contributed by atoms with van der Waals surface area (Å²) in [6, 6.07) is 4.84. The second-order valence-electron chi connectivity index (χ2n) is 3.64. The summed E-state index contributed by atoms with van der Waals surface area (Å²) in [6.45, 7) is 3.85. The van der Waals surface area contributed by atoms with E-state index < -0.39 is 5.97 Å². The molecule has 0 heterocycles. The third-order valence-electron chi connectivity index (χ3n) is 2.33. The van der Waals surface area contributed by atoms with E-state index in [9.17, 15) is 4.79 Å². The normalized spacial score (nSPS) is 10.1. The van der Waals surface area contributed by atoms with Gasteiger partial charge in [0, 0.05) is 19.6 Å². The summed E-state index contributed by atoms with van der Waals surface area (Å²) in [7, 11) is 1.33. The minimum atomic E-state index is -0.412. The van der Waals surface area contributed by atoms with Gasteiger partial charge in [-0.2, -0.15) is 0 Å². The van der Waals surface area contributed by atoms with Crippen LogP contribution >= 0.6 is 0 Å². The highest BCUT2D eigenvalue weighted by Crippen LogP contribution is 2.23. The molecule has 0 aliphatic rings. The molecule has 0 bridgehead atoms. The fraction of sp³-hybridized carbons (Fsp3) is 0.462. The molecule has 0 amide bonds. The van der Waals surface area contributed by atoms with Crippen LogP contribution in [-0.2, 0) is 9.47 Å². The van der Waals surface area contributed by atoms with Crippen LogP contribution in [0.25, 0.3) is 0 Å². The molecule has 0 radical (unpaired) electrons. The Labute approximate surface area is 107 Å². The Bertz CT molecular complexity index is 393. The first-order chi connectivity index (χ1) is 8.69. The average Bonchev–Trinajstić information content (AvgIpc) is 2.39. The number of carbonyl (C=O) groups excluding carboxylic acids is 1. The van der Waals surface area contributed by atoms with Gasteiger partial charge in [-0.05, 0) is 25.1 Å². The molecule has 1 aromatic carbocycles. The van der Waals surface area contributed by atoms with Crippen molar-refractivity contribution < 1.29 is 19.0 Å². The zero-order chi connectivity index (χ0) is 13.4. The van der Waals surface area contributed by atoms with Crippen LogP contribution in [0.5, 0.6) is 5.75 Å². The van der Waals surface area contributed by atoms with Crippen LogP contribution < -0.4 is 10.5 Å². The molecule has 100 valence electrons. The van der Waals surface area contributed by atoms with E-state index in [1.807, 2.05) is 6.92 Å². The molecule has 2 N–H and O–H groups in total. The average molecular weight is 253 g/mol. The molecule has 0 spiro atoms. The number of anilines is 1. The van der Waals surface area contributed by atoms with Crippen LogP contribution in [0.15, 0.2) is 18.2 Å². The molecule has 1 aromatic rings. The predicted molar refractivity (Wildman–Crippen MR) is 68.8 cm³/mol. The number of benzene rings is 1. The SMILES string of the molecule is CCOCCCOc1ccc(C(=O)OC)cc1N. The van der Waals surface area contributed by atoms with Gasteiger partial charge in [0.2, 0.25) is 0 Å². The fourth-order valence-corrected chi connectivity index (χ4v) is 1.41. The van der Waals surface area contributed by atoms with Gasteiger partial charge in [-0.3, -0.25) is 0 Å². The molecular formula is C13H19NO4. The van der Waals surface area contributed by atoms with Gasteiger partial charge >= 0.3 is 5.97 Å². The molecule has 0 atom stereocenters. The summed E-state index contributed by atoms with van der Waals surface area (Å²) in [5.74, 6) is 0.156. The number of rotatable bonds is 7. The molecule has 18 heavy (non-hydrogen) atoms. The molecular weight excluding hydrogens is 234 g/mol. The highest BCUT2D eigenvalue weighted by atomic mass is 16.5. The van der Waals surface area contributed by atoms with E-state index in [2.05, 4.69) is 4.74 Å². The van der Waals surface area contributed by atoms with Crippen molar-refractivity contribution in [3.63, 3.8) is 0 Å². The lowest BCUT2D eigenvalue weighted by Crippen LogP contribution is -2.06. The molecule has 5 nitrogen and oxygen atoms in total. The Morgan fingerprint density at radius 1 is 1.33 bits per heavy atom. The number of carbonyl (C=O) groups is 1. The standard InChI is InChI=1S/C13H19NO4/c1-3-17-7-4-8-18-12-6-5-10(9-11(12)14)13(15)16-2/h5-6,9H,3-4,7-8,14H2,1-2H3. The smallest absolute Gasteiger partial charge is 0.337 e. The lowest BCUT2D eigenvalue weighted by Gasteiger charge is -2.09. The van der Waals surface area contributed by atoms with Crippen LogP contribution in [0.4, 0.5) is 5.69 Å². The third-order valence-corrected chi connectivity index (χ3v) is 2.33. The van der Waals surface area contributed by atoms with Crippen molar-refractivity contribution in [3.8, 4) is 5.75 Å². The molecule has 1 rings (SSSR count). The van der Waals surface area contributed by atoms with Gasteiger partial charge in [0.05, 0.1) is 25.0 Å². The summed E-state index contributed by atoms with van der Waals surface area (Å²) in [5.41, 5.74) is 6.63. The van der Waals surface area contributed by atoms with Gasteiger partial charge in [-0.1, -0.05) is 0 Å². The van der Waals surface area contributed by atoms with Crippen molar-refractivity contribution >= 4 is 11.7 Å². The second-order valence-corrected chi connectivity index (χ2v) is 3.64. The van der Waals surface area contributed by atoms with Crippen molar-refractivity contribution in [2.75, 3.05) is 32.7 Å². The molecule has 0 aromatic heterocycles. The Morgan fingerprint density at radius 2 is 2.11 bits per heavy atom. The minimum absolute atomic E-state index is 0.412. The Morgan fingerprint density at radius 3 is 2.72 bits per heavy atom. The van der Waals surface area contributed by atoms with Crippen molar-refractivity contribution in [1.29, 1.82) is 0 Å². The van der Waals surface area contributed by atoms with Crippen molar-refractivity contribution in [2.24, 2.45) is 0 Å². The molecule has 0 saturated heterocycles. The van der Waals surface area contributed by atoms with Gasteiger partial charge in [0.15, 0.2) is 0 Å². The maximum Gasteiger partial charge on any atom is 0.337 e. The zero-order valence-electron chi connectivity index (χ0n) is 10.8. The Kier molecular flexibility index (Phi) is 6.00. The summed E-state index contributed by atoms with van der Waals surface area (Å²) in [6.07, 6.45) is 0.798. The van der Waals surface area contributed by atoms with Crippen molar-refractivity contribution in [2.45, 2.75) is 13.3 Å². The van der Waals surface area contributed by atoms with E-state index >= 15 is 0 Å². The van der Waals surface area contributed by atoms with Gasteiger partial charge < -0.3 is 19.9 Å². The van der Waals surface area contributed by atoms with E-state index in [-0.39, 0.29) is 0 Å². The topological polar surface area (TPSA) is 70.8 Å². The summed E-state index contributed by atoms with van der Waals surface area (Å²) < 4.78 is 15.3. The molecule has 0 saturated carbocycles. The summed E-state index contributed by atoms with van der Waals surface area (Å²) in [4.78, 5) is 11.3. The molecule has 0 aliphatic heterocycles. The quantitative estimate of drug-likeness (QED) is 0.456. The highest BCUT2D eigenvalue weighted by molar-refractivity contribution is 5.90. The maximum atomic E-state index is 11.3. The third kappa shape index (κ3) is 4.25. The number of hydrogen-bond donors (Lipinski definition) is 1. The van der Waals surface area contributed by atoms with Crippen LogP contribution in [0.3, 0.4) is 0 Å². The zero-order valence-corrected chi connectivity index (χ0v) is 10.8. The highest BCUT2D eigenvalue weighted by Gasteiger charge is 2.08. The number of nitrogen functional groups attached to an aromatic ring is 1. The molecule has 0 aliphatic carbocycles. The van der Waals surface area contributed by atoms with Gasteiger partial charge in [0.1, 0.15) is 5.75 Å². The first-order valence-electron chi connectivity index (χ1n) is 5.87. The number of nitrogens with two attached hydrogens (primary N) is 1. The second kappa shape index (κ2) is 7.55. The molecule has 5 heteroatoms. The van der Waals surface area contributed by atoms with E-state index in [1.165, 1.54) is 7.11 Å². The number of methoxy groups -OCH3 is 1. The molecule has 0 unspecified atom stereocenters. The van der Waals surface area contributed by atoms with Gasteiger partial charge in [0.25, 0.3) is 0 Å². The maximum absolute atomic E-state index is 11.3. The predicted octanol–water partition coefficient (Wildman–Crippen LogP) is 1.86. The van der Waals surface area contributed by atoms with Crippen LogP contribution in [-0.4, -0.2) is 32.9 Å². The lowest BCUT2D eigenvalue weighted by molar-refractivity contribution is 0.0601. The van der Waals surface area contributed by atoms with Crippen molar-refractivity contribution in [1.82, 2.24) is 0 Å². The van der Waals surface area contributed by atoms with Crippen LogP contribution in [0, 0.1) is 0 Å². The van der Waals surface area contributed by atoms with Gasteiger partial charge in [-0.15, -0.1) is 0 Å². The summed E-state index contributed by atoms with van der Waals surface area (Å²) >= 11 is 0. The van der Waals surface area contributed by atoms with Crippen LogP contribution in [0.1, 0.15) is 23.7 Å². The Balaban J connectivity index is 2.49. The largest absolute Gasteiger partial charge is 0.491 e. The Hall–Kier alpha value is -1.75. The summed E-state index contributed by atoms with van der Waals surface area (Å²) in [5, 5.41) is 0. The number of esters is 1. The minimum Gasteiger partial charge on any atom is -0.491 e. The van der Waals surface area contributed by atoms with E-state index in [1.54, 1.807) is 18.2 Å². The fourth-order valence-electron chi connectivity index (χ4n) is 1.41. The van der Waals surface area contributed by atoms with E-state index in [0.717, 1.165) is 6.42 Å². The lowest BCUT2D eigenvalue weighted by atomic mass is 10.2. The first-order valence-corrected chi connectivity index (χ1v) is 5.87. The number of ether oxygens (including phenoxy) is 3. The van der Waals surface area contributed by atoms with E-state index in [4.69, 9.17) is 15.2 Å².